The number of pyridine rings is 1. The van der Waals surface area contributed by atoms with Gasteiger partial charge in [0.1, 0.15) is 5.75 Å². The largest absolute Gasteiger partial charge is 0.496 e. The van der Waals surface area contributed by atoms with Crippen molar-refractivity contribution >= 4 is 10.8 Å². The lowest BCUT2D eigenvalue weighted by molar-refractivity contribution is 0.410. The Hall–Kier alpha value is -1.61. The Labute approximate surface area is 82.5 Å². The molecule has 1 aromatic carbocycles. The molecule has 0 atom stereocenters. The minimum atomic E-state index is 0.488. The van der Waals surface area contributed by atoms with Gasteiger partial charge < -0.3 is 10.5 Å². The number of methoxy groups -OCH3 is 1. The predicted molar refractivity (Wildman–Crippen MR) is 56.2 cm³/mol. The Morgan fingerprint density at radius 2 is 2.21 bits per heavy atom. The monoisotopic (exact) mass is 188 g/mol. The molecule has 0 aliphatic heterocycles. The summed E-state index contributed by atoms with van der Waals surface area (Å²) in [4.78, 5) is 4.06. The minimum Gasteiger partial charge on any atom is -0.496 e. The van der Waals surface area contributed by atoms with Crippen molar-refractivity contribution in [2.45, 2.75) is 6.54 Å². The molecule has 0 amide bonds. The molecule has 0 bridgehead atoms. The van der Waals surface area contributed by atoms with Crippen LogP contribution in [-0.2, 0) is 6.54 Å². The topological polar surface area (TPSA) is 48.1 Å². The van der Waals surface area contributed by atoms with Crippen LogP contribution in [0.5, 0.6) is 5.75 Å². The number of nitrogens with zero attached hydrogens (tertiary/aromatic N) is 1. The van der Waals surface area contributed by atoms with Gasteiger partial charge in [-0.15, -0.1) is 0 Å². The molecule has 0 aliphatic carbocycles. The smallest absolute Gasteiger partial charge is 0.124 e. The first kappa shape index (κ1) is 8.97. The summed E-state index contributed by atoms with van der Waals surface area (Å²) in [7, 11) is 1.65. The van der Waals surface area contributed by atoms with E-state index in [4.69, 9.17) is 10.5 Å². The molecule has 0 spiro atoms. The van der Waals surface area contributed by atoms with Crippen molar-refractivity contribution in [3.63, 3.8) is 0 Å². The van der Waals surface area contributed by atoms with Crippen LogP contribution in [0.15, 0.2) is 30.6 Å². The molecule has 1 aromatic heterocycles. The number of ether oxygens (including phenoxy) is 1. The van der Waals surface area contributed by atoms with Gasteiger partial charge in [0, 0.05) is 29.9 Å². The van der Waals surface area contributed by atoms with Crippen molar-refractivity contribution < 1.29 is 4.74 Å². The van der Waals surface area contributed by atoms with E-state index in [-0.39, 0.29) is 0 Å². The van der Waals surface area contributed by atoms with Gasteiger partial charge in [0.15, 0.2) is 0 Å². The predicted octanol–water partition coefficient (Wildman–Crippen LogP) is 1.70. The summed E-state index contributed by atoms with van der Waals surface area (Å²) < 4.78 is 5.24. The summed E-state index contributed by atoms with van der Waals surface area (Å²) in [6.07, 6.45) is 3.59. The molecule has 0 radical (unpaired) electrons. The molecule has 2 aromatic rings. The lowest BCUT2D eigenvalue weighted by Crippen LogP contribution is -1.99. The van der Waals surface area contributed by atoms with Crippen LogP contribution in [0.2, 0.25) is 0 Å². The van der Waals surface area contributed by atoms with Gasteiger partial charge in [0.05, 0.1) is 7.11 Å². The Balaban J connectivity index is 2.69. The number of fused-ring (bicyclic) bond motifs is 1. The quantitative estimate of drug-likeness (QED) is 0.780. The van der Waals surface area contributed by atoms with E-state index in [0.717, 1.165) is 22.1 Å². The maximum absolute atomic E-state index is 5.62. The number of aromatic nitrogens is 1. The molecule has 1 heterocycles. The van der Waals surface area contributed by atoms with E-state index in [1.165, 1.54) is 0 Å². The summed E-state index contributed by atoms with van der Waals surface area (Å²) in [6.45, 7) is 0.488. The zero-order valence-corrected chi connectivity index (χ0v) is 8.03. The van der Waals surface area contributed by atoms with Crippen molar-refractivity contribution in [1.29, 1.82) is 0 Å². The first-order chi connectivity index (χ1) is 6.85. The van der Waals surface area contributed by atoms with E-state index in [1.54, 1.807) is 13.3 Å². The van der Waals surface area contributed by atoms with Gasteiger partial charge in [-0.3, -0.25) is 4.98 Å². The Kier molecular flexibility index (Phi) is 2.33. The summed E-state index contributed by atoms with van der Waals surface area (Å²) >= 11 is 0. The van der Waals surface area contributed by atoms with Gasteiger partial charge in [-0.1, -0.05) is 0 Å². The second kappa shape index (κ2) is 3.64. The van der Waals surface area contributed by atoms with Gasteiger partial charge in [0.25, 0.3) is 0 Å². The SMILES string of the molecule is COc1cc2cnccc2cc1CN. The van der Waals surface area contributed by atoms with Gasteiger partial charge in [0.2, 0.25) is 0 Å². The molecule has 0 saturated heterocycles. The average Bonchev–Trinajstić information content (AvgIpc) is 2.27. The maximum atomic E-state index is 5.62. The fourth-order valence-corrected chi connectivity index (χ4v) is 1.51. The molecule has 2 rings (SSSR count). The Morgan fingerprint density at radius 1 is 1.36 bits per heavy atom. The second-order valence-electron chi connectivity index (χ2n) is 3.09. The van der Waals surface area contributed by atoms with Crippen molar-refractivity contribution in [1.82, 2.24) is 4.98 Å². The standard InChI is InChI=1S/C11H12N2O/c1-14-11-5-10-7-13-3-2-8(10)4-9(11)6-12/h2-5,7H,6,12H2,1H3. The number of benzene rings is 1. The summed E-state index contributed by atoms with van der Waals surface area (Å²) in [5.74, 6) is 0.827. The molecule has 0 unspecified atom stereocenters. The third kappa shape index (κ3) is 1.42. The van der Waals surface area contributed by atoms with Crippen molar-refractivity contribution in [3.8, 4) is 5.75 Å². The molecule has 0 saturated carbocycles. The molecule has 0 aliphatic rings. The first-order valence-electron chi connectivity index (χ1n) is 4.46. The van der Waals surface area contributed by atoms with E-state index >= 15 is 0 Å². The number of hydrogen-bond acceptors (Lipinski definition) is 3. The van der Waals surface area contributed by atoms with Crippen LogP contribution in [0.25, 0.3) is 10.8 Å². The molecular formula is C11H12N2O. The maximum Gasteiger partial charge on any atom is 0.124 e. The minimum absolute atomic E-state index is 0.488. The molecule has 72 valence electrons. The van der Waals surface area contributed by atoms with E-state index < -0.39 is 0 Å². The van der Waals surface area contributed by atoms with Gasteiger partial charge in [-0.05, 0) is 23.6 Å². The second-order valence-corrected chi connectivity index (χ2v) is 3.09. The lowest BCUT2D eigenvalue weighted by Gasteiger charge is -2.07. The third-order valence-electron chi connectivity index (χ3n) is 2.26. The van der Waals surface area contributed by atoms with Crippen molar-refractivity contribution in [2.24, 2.45) is 5.73 Å². The van der Waals surface area contributed by atoms with Gasteiger partial charge >= 0.3 is 0 Å². The molecule has 0 fully saturated rings. The highest BCUT2D eigenvalue weighted by molar-refractivity contribution is 5.84. The van der Waals surface area contributed by atoms with Gasteiger partial charge in [-0.2, -0.15) is 0 Å². The molecule has 2 N–H and O–H groups in total. The lowest BCUT2D eigenvalue weighted by atomic mass is 10.1. The highest BCUT2D eigenvalue weighted by Crippen LogP contribution is 2.24. The van der Waals surface area contributed by atoms with E-state index in [0.29, 0.717) is 6.54 Å². The third-order valence-corrected chi connectivity index (χ3v) is 2.26. The fraction of sp³-hybridized carbons (Fsp3) is 0.182. The van der Waals surface area contributed by atoms with Crippen LogP contribution >= 0.6 is 0 Å². The highest BCUT2D eigenvalue weighted by Gasteiger charge is 2.03. The zero-order chi connectivity index (χ0) is 9.97. The Morgan fingerprint density at radius 3 is 2.93 bits per heavy atom. The Bertz CT molecular complexity index is 411. The summed E-state index contributed by atoms with van der Waals surface area (Å²) in [5.41, 5.74) is 6.64. The van der Waals surface area contributed by atoms with Crippen LogP contribution in [0.4, 0.5) is 0 Å². The van der Waals surface area contributed by atoms with Crippen LogP contribution in [0.1, 0.15) is 5.56 Å². The van der Waals surface area contributed by atoms with Crippen LogP contribution < -0.4 is 10.5 Å². The van der Waals surface area contributed by atoms with Crippen LogP contribution in [0.3, 0.4) is 0 Å². The molecule has 3 nitrogen and oxygen atoms in total. The van der Waals surface area contributed by atoms with Crippen molar-refractivity contribution in [2.75, 3.05) is 7.11 Å². The van der Waals surface area contributed by atoms with Crippen LogP contribution in [0, 0.1) is 0 Å². The van der Waals surface area contributed by atoms with E-state index in [1.807, 2.05) is 24.4 Å². The summed E-state index contributed by atoms with van der Waals surface area (Å²) in [5, 5.41) is 2.21. The fourth-order valence-electron chi connectivity index (χ4n) is 1.51. The van der Waals surface area contributed by atoms with E-state index in [2.05, 4.69) is 4.98 Å². The summed E-state index contributed by atoms with van der Waals surface area (Å²) in [6, 6.07) is 5.97. The normalized spacial score (nSPS) is 10.4. The highest BCUT2D eigenvalue weighted by atomic mass is 16.5. The zero-order valence-electron chi connectivity index (χ0n) is 8.03. The molecule has 14 heavy (non-hydrogen) atoms. The van der Waals surface area contributed by atoms with E-state index in [9.17, 15) is 0 Å². The van der Waals surface area contributed by atoms with Crippen molar-refractivity contribution in [3.05, 3.63) is 36.2 Å². The van der Waals surface area contributed by atoms with Gasteiger partial charge in [-0.25, -0.2) is 0 Å². The molecule has 3 heteroatoms. The number of hydrogen-bond donors (Lipinski definition) is 1. The molecular weight excluding hydrogens is 176 g/mol. The van der Waals surface area contributed by atoms with Crippen LogP contribution in [-0.4, -0.2) is 12.1 Å². The first-order valence-corrected chi connectivity index (χ1v) is 4.46. The average molecular weight is 188 g/mol. The number of nitrogens with two attached hydrogens (primary N) is 1. The number of rotatable bonds is 2.